The van der Waals surface area contributed by atoms with Crippen LogP contribution in [-0.4, -0.2) is 21.2 Å². The lowest BCUT2D eigenvalue weighted by Gasteiger charge is -2.12. The molecular weight excluding hydrogens is 366 g/mol. The van der Waals surface area contributed by atoms with Gasteiger partial charge in [0.15, 0.2) is 5.16 Å². The molecule has 0 aliphatic carbocycles. The molecule has 0 aliphatic rings. The number of fused-ring (bicyclic) bond motifs is 1. The molecule has 3 rings (SSSR count). The summed E-state index contributed by atoms with van der Waals surface area (Å²) in [5.74, 6) is 0.173. The number of aryl methyl sites for hydroxylation is 1. The molecule has 7 heteroatoms. The third-order valence-electron chi connectivity index (χ3n) is 4.02. The highest BCUT2D eigenvalue weighted by Gasteiger charge is 2.13. The molecule has 2 aromatic heterocycles. The molecule has 2 heterocycles. The minimum Gasteiger partial charge on any atom is -0.350 e. The van der Waals surface area contributed by atoms with Gasteiger partial charge >= 0.3 is 0 Å². The van der Waals surface area contributed by atoms with Crippen molar-refractivity contribution >= 4 is 39.9 Å². The van der Waals surface area contributed by atoms with Gasteiger partial charge in [0.1, 0.15) is 0 Å². The maximum atomic E-state index is 12.7. The number of nitrogens with one attached hydrogen (secondary N) is 1. The van der Waals surface area contributed by atoms with Crippen LogP contribution in [0.1, 0.15) is 23.8 Å². The molecule has 0 radical (unpaired) electrons. The van der Waals surface area contributed by atoms with Crippen LogP contribution in [0.15, 0.2) is 45.7 Å². The highest BCUT2D eigenvalue weighted by atomic mass is 32.2. The highest BCUT2D eigenvalue weighted by Crippen LogP contribution is 2.18. The number of amides is 1. The van der Waals surface area contributed by atoms with Crippen LogP contribution < -0.4 is 10.9 Å². The Morgan fingerprint density at radius 1 is 1.31 bits per heavy atom. The molecule has 1 aromatic carbocycles. The van der Waals surface area contributed by atoms with Gasteiger partial charge < -0.3 is 5.32 Å². The minimum atomic E-state index is -0.0618. The van der Waals surface area contributed by atoms with E-state index in [9.17, 15) is 9.59 Å². The SMILES string of the molecule is CCCn1c(SCC(=O)NCc2sccc2C)nc2ccccc2c1=O. The second-order valence-electron chi connectivity index (χ2n) is 5.96. The summed E-state index contributed by atoms with van der Waals surface area (Å²) >= 11 is 2.95. The van der Waals surface area contributed by atoms with Crippen LogP contribution in [0.25, 0.3) is 10.9 Å². The summed E-state index contributed by atoms with van der Waals surface area (Å²) in [6, 6.07) is 9.37. The number of aromatic nitrogens is 2. The number of hydrogen-bond donors (Lipinski definition) is 1. The van der Waals surface area contributed by atoms with Gasteiger partial charge in [0.2, 0.25) is 5.91 Å². The highest BCUT2D eigenvalue weighted by molar-refractivity contribution is 7.99. The van der Waals surface area contributed by atoms with Crippen molar-refractivity contribution in [3.8, 4) is 0 Å². The molecular formula is C19H21N3O2S2. The van der Waals surface area contributed by atoms with Gasteiger partial charge in [-0.3, -0.25) is 14.2 Å². The van der Waals surface area contributed by atoms with Crippen LogP contribution in [0.4, 0.5) is 0 Å². The molecule has 0 saturated heterocycles. The number of carbonyl (C=O) groups excluding carboxylic acids is 1. The zero-order valence-corrected chi connectivity index (χ0v) is 16.5. The van der Waals surface area contributed by atoms with Crippen molar-refractivity contribution < 1.29 is 4.79 Å². The number of para-hydroxylation sites is 1. The number of thioether (sulfide) groups is 1. The van der Waals surface area contributed by atoms with Crippen LogP contribution in [0.2, 0.25) is 0 Å². The molecule has 0 atom stereocenters. The largest absolute Gasteiger partial charge is 0.350 e. The first-order chi connectivity index (χ1) is 12.6. The summed E-state index contributed by atoms with van der Waals surface area (Å²) < 4.78 is 1.67. The van der Waals surface area contributed by atoms with Gasteiger partial charge in [-0.1, -0.05) is 30.8 Å². The molecule has 1 N–H and O–H groups in total. The van der Waals surface area contributed by atoms with Crippen LogP contribution in [0, 0.1) is 6.92 Å². The monoisotopic (exact) mass is 387 g/mol. The molecule has 3 aromatic rings. The minimum absolute atomic E-state index is 0.0467. The topological polar surface area (TPSA) is 64.0 Å². The van der Waals surface area contributed by atoms with Crippen molar-refractivity contribution in [2.75, 3.05) is 5.75 Å². The first-order valence-corrected chi connectivity index (χ1v) is 10.4. The fourth-order valence-electron chi connectivity index (χ4n) is 2.62. The van der Waals surface area contributed by atoms with E-state index >= 15 is 0 Å². The first-order valence-electron chi connectivity index (χ1n) is 8.52. The summed E-state index contributed by atoms with van der Waals surface area (Å²) in [5, 5.41) is 6.17. The van der Waals surface area contributed by atoms with Gasteiger partial charge in [-0.05, 0) is 42.5 Å². The number of nitrogens with zero attached hydrogens (tertiary/aromatic N) is 2. The van der Waals surface area contributed by atoms with Crippen LogP contribution in [-0.2, 0) is 17.9 Å². The average Bonchev–Trinajstić information content (AvgIpc) is 3.06. The van der Waals surface area contributed by atoms with E-state index in [1.54, 1.807) is 22.0 Å². The number of hydrogen-bond acceptors (Lipinski definition) is 5. The lowest BCUT2D eigenvalue weighted by Crippen LogP contribution is -2.26. The number of rotatable bonds is 7. The Labute approximate surface area is 160 Å². The van der Waals surface area contributed by atoms with E-state index in [-0.39, 0.29) is 17.2 Å². The molecule has 0 aliphatic heterocycles. The lowest BCUT2D eigenvalue weighted by atomic mass is 10.2. The fourth-order valence-corrected chi connectivity index (χ4v) is 4.32. The molecule has 0 unspecified atom stereocenters. The third kappa shape index (κ3) is 4.16. The van der Waals surface area contributed by atoms with Gasteiger partial charge in [-0.2, -0.15) is 0 Å². The maximum absolute atomic E-state index is 12.7. The zero-order valence-electron chi connectivity index (χ0n) is 14.8. The fraction of sp³-hybridized carbons (Fsp3) is 0.316. The molecule has 5 nitrogen and oxygen atoms in total. The second-order valence-corrected chi connectivity index (χ2v) is 7.90. The summed E-state index contributed by atoms with van der Waals surface area (Å²) in [7, 11) is 0. The summed E-state index contributed by atoms with van der Waals surface area (Å²) in [6.45, 7) is 5.19. The number of benzene rings is 1. The third-order valence-corrected chi connectivity index (χ3v) is 6.02. The predicted octanol–water partition coefficient (Wildman–Crippen LogP) is 3.58. The Morgan fingerprint density at radius 2 is 2.12 bits per heavy atom. The van der Waals surface area contributed by atoms with E-state index in [0.717, 1.165) is 11.3 Å². The van der Waals surface area contributed by atoms with Gasteiger partial charge in [0.05, 0.1) is 23.2 Å². The lowest BCUT2D eigenvalue weighted by molar-refractivity contribution is -0.118. The van der Waals surface area contributed by atoms with Gasteiger partial charge in [0.25, 0.3) is 5.56 Å². The quantitative estimate of drug-likeness (QED) is 0.497. The Kier molecular flexibility index (Phi) is 6.11. The van der Waals surface area contributed by atoms with Crippen LogP contribution in [0.3, 0.4) is 0 Å². The van der Waals surface area contributed by atoms with Gasteiger partial charge in [-0.15, -0.1) is 11.3 Å². The van der Waals surface area contributed by atoms with Crippen molar-refractivity contribution in [3.63, 3.8) is 0 Å². The summed E-state index contributed by atoms with van der Waals surface area (Å²) in [5.41, 5.74) is 1.81. The van der Waals surface area contributed by atoms with Crippen molar-refractivity contribution in [1.29, 1.82) is 0 Å². The Hall–Kier alpha value is -2.12. The Bertz CT molecular complexity index is 978. The Morgan fingerprint density at radius 3 is 2.85 bits per heavy atom. The van der Waals surface area contributed by atoms with Crippen molar-refractivity contribution in [2.45, 2.75) is 38.5 Å². The standard InChI is InChI=1S/C19H21N3O2S2/c1-3-9-22-18(24)14-6-4-5-7-15(14)21-19(22)26-12-17(23)20-11-16-13(2)8-10-25-16/h4-8,10H,3,9,11-12H2,1-2H3,(H,20,23). The molecule has 136 valence electrons. The molecule has 0 fully saturated rings. The van der Waals surface area contributed by atoms with Gasteiger partial charge in [-0.25, -0.2) is 4.98 Å². The molecule has 1 amide bonds. The summed E-state index contributed by atoms with van der Waals surface area (Å²) in [4.78, 5) is 30.7. The second kappa shape index (κ2) is 8.51. The number of thiophene rings is 1. The van der Waals surface area contributed by atoms with Crippen molar-refractivity contribution in [1.82, 2.24) is 14.9 Å². The molecule has 0 spiro atoms. The average molecular weight is 388 g/mol. The molecule has 0 saturated carbocycles. The molecule has 0 bridgehead atoms. The van der Waals surface area contributed by atoms with Gasteiger partial charge in [0, 0.05) is 11.4 Å². The maximum Gasteiger partial charge on any atom is 0.262 e. The summed E-state index contributed by atoms with van der Waals surface area (Å²) in [6.07, 6.45) is 0.831. The first kappa shape index (κ1) is 18.7. The van der Waals surface area contributed by atoms with E-state index in [4.69, 9.17) is 0 Å². The van der Waals surface area contributed by atoms with E-state index in [0.29, 0.717) is 29.1 Å². The smallest absolute Gasteiger partial charge is 0.262 e. The van der Waals surface area contributed by atoms with E-state index in [1.165, 1.54) is 17.3 Å². The van der Waals surface area contributed by atoms with Crippen LogP contribution in [0.5, 0.6) is 0 Å². The molecule has 26 heavy (non-hydrogen) atoms. The predicted molar refractivity (Wildman–Crippen MR) is 108 cm³/mol. The normalized spacial score (nSPS) is 11.0. The van der Waals surface area contributed by atoms with E-state index in [2.05, 4.69) is 10.3 Å². The van der Waals surface area contributed by atoms with E-state index < -0.39 is 0 Å². The van der Waals surface area contributed by atoms with Crippen molar-refractivity contribution in [2.24, 2.45) is 0 Å². The Balaban J connectivity index is 1.73. The van der Waals surface area contributed by atoms with Crippen LogP contribution >= 0.6 is 23.1 Å². The van der Waals surface area contributed by atoms with E-state index in [1.807, 2.05) is 43.5 Å². The van der Waals surface area contributed by atoms with Crippen molar-refractivity contribution in [3.05, 3.63) is 56.5 Å². The number of carbonyl (C=O) groups is 1. The zero-order chi connectivity index (χ0) is 18.5.